The largest absolute Gasteiger partial charge is 0.388 e. The SMILES string of the molecule is CCO[C@@H]1CN(C(=O)[C@@H]2CCCN2)C[C@@H]1O. The fourth-order valence-corrected chi connectivity index (χ4v) is 2.43. The molecule has 2 aliphatic heterocycles. The lowest BCUT2D eigenvalue weighted by Gasteiger charge is -2.20. The van der Waals surface area contributed by atoms with E-state index in [0.717, 1.165) is 19.4 Å². The van der Waals surface area contributed by atoms with E-state index < -0.39 is 6.10 Å². The molecule has 5 heteroatoms. The van der Waals surface area contributed by atoms with Crippen LogP contribution in [0.2, 0.25) is 0 Å². The molecule has 0 saturated carbocycles. The van der Waals surface area contributed by atoms with Gasteiger partial charge in [-0.25, -0.2) is 0 Å². The van der Waals surface area contributed by atoms with Gasteiger partial charge in [-0.3, -0.25) is 4.79 Å². The van der Waals surface area contributed by atoms with Crippen LogP contribution >= 0.6 is 0 Å². The van der Waals surface area contributed by atoms with Gasteiger partial charge >= 0.3 is 0 Å². The molecule has 0 aromatic carbocycles. The summed E-state index contributed by atoms with van der Waals surface area (Å²) in [7, 11) is 0. The number of carbonyl (C=O) groups excluding carboxylic acids is 1. The van der Waals surface area contributed by atoms with Crippen molar-refractivity contribution in [3.8, 4) is 0 Å². The monoisotopic (exact) mass is 228 g/mol. The van der Waals surface area contributed by atoms with Gasteiger partial charge in [-0.15, -0.1) is 0 Å². The quantitative estimate of drug-likeness (QED) is 0.673. The van der Waals surface area contributed by atoms with Gasteiger partial charge in [-0.1, -0.05) is 0 Å². The molecule has 0 radical (unpaired) electrons. The van der Waals surface area contributed by atoms with Crippen LogP contribution < -0.4 is 5.32 Å². The summed E-state index contributed by atoms with van der Waals surface area (Å²) >= 11 is 0. The van der Waals surface area contributed by atoms with E-state index in [2.05, 4.69) is 5.32 Å². The summed E-state index contributed by atoms with van der Waals surface area (Å²) in [6.07, 6.45) is 1.22. The molecule has 0 spiro atoms. The molecule has 5 nitrogen and oxygen atoms in total. The van der Waals surface area contributed by atoms with Gasteiger partial charge in [0.15, 0.2) is 0 Å². The molecular formula is C11H20N2O3. The topological polar surface area (TPSA) is 61.8 Å². The predicted molar refractivity (Wildman–Crippen MR) is 59.0 cm³/mol. The van der Waals surface area contributed by atoms with Crippen LogP contribution in [0.25, 0.3) is 0 Å². The average Bonchev–Trinajstić information content (AvgIpc) is 2.88. The van der Waals surface area contributed by atoms with Crippen molar-refractivity contribution < 1.29 is 14.6 Å². The Morgan fingerprint density at radius 3 is 3.00 bits per heavy atom. The van der Waals surface area contributed by atoms with E-state index in [4.69, 9.17) is 4.74 Å². The molecule has 2 aliphatic rings. The zero-order valence-electron chi connectivity index (χ0n) is 9.69. The lowest BCUT2D eigenvalue weighted by atomic mass is 10.2. The number of hydrogen-bond donors (Lipinski definition) is 2. The maximum Gasteiger partial charge on any atom is 0.239 e. The molecule has 2 heterocycles. The highest BCUT2D eigenvalue weighted by Gasteiger charge is 2.37. The average molecular weight is 228 g/mol. The van der Waals surface area contributed by atoms with Crippen LogP contribution in [0.5, 0.6) is 0 Å². The summed E-state index contributed by atoms with van der Waals surface area (Å²) in [4.78, 5) is 13.8. The first-order valence-corrected chi connectivity index (χ1v) is 6.04. The first kappa shape index (κ1) is 11.8. The van der Waals surface area contributed by atoms with E-state index in [0.29, 0.717) is 19.7 Å². The van der Waals surface area contributed by atoms with Crippen molar-refractivity contribution in [2.75, 3.05) is 26.2 Å². The Kier molecular flexibility index (Phi) is 3.78. The van der Waals surface area contributed by atoms with Crippen LogP contribution in [0.1, 0.15) is 19.8 Å². The van der Waals surface area contributed by atoms with Gasteiger partial charge in [-0.2, -0.15) is 0 Å². The Morgan fingerprint density at radius 2 is 2.38 bits per heavy atom. The summed E-state index contributed by atoms with van der Waals surface area (Å²) in [6, 6.07) is -0.0485. The molecule has 2 rings (SSSR count). The van der Waals surface area contributed by atoms with E-state index in [1.807, 2.05) is 6.92 Å². The molecule has 0 aromatic heterocycles. The van der Waals surface area contributed by atoms with Gasteiger partial charge < -0.3 is 20.1 Å². The number of amides is 1. The highest BCUT2D eigenvalue weighted by molar-refractivity contribution is 5.82. The fraction of sp³-hybridized carbons (Fsp3) is 0.909. The summed E-state index contributed by atoms with van der Waals surface area (Å²) in [6.45, 7) is 4.32. The molecule has 0 bridgehead atoms. The number of aliphatic hydroxyl groups excluding tert-OH is 1. The smallest absolute Gasteiger partial charge is 0.239 e. The zero-order valence-corrected chi connectivity index (χ0v) is 9.69. The van der Waals surface area contributed by atoms with Crippen LogP contribution in [0.3, 0.4) is 0 Å². The number of nitrogens with one attached hydrogen (secondary N) is 1. The van der Waals surface area contributed by atoms with Crippen LogP contribution in [0.4, 0.5) is 0 Å². The second kappa shape index (κ2) is 5.12. The molecule has 2 N–H and O–H groups in total. The molecule has 0 aromatic rings. The van der Waals surface area contributed by atoms with Crippen molar-refractivity contribution in [1.82, 2.24) is 10.2 Å². The second-order valence-electron chi connectivity index (χ2n) is 4.45. The van der Waals surface area contributed by atoms with Gasteiger partial charge in [0.1, 0.15) is 6.10 Å². The first-order chi connectivity index (χ1) is 7.72. The fourth-order valence-electron chi connectivity index (χ4n) is 2.43. The maximum absolute atomic E-state index is 12.0. The Labute approximate surface area is 95.8 Å². The second-order valence-corrected chi connectivity index (χ2v) is 4.45. The van der Waals surface area contributed by atoms with Crippen molar-refractivity contribution in [2.45, 2.75) is 38.0 Å². The number of aliphatic hydroxyl groups is 1. The first-order valence-electron chi connectivity index (χ1n) is 6.04. The van der Waals surface area contributed by atoms with Crippen LogP contribution in [-0.4, -0.2) is 60.4 Å². The van der Waals surface area contributed by atoms with Crippen molar-refractivity contribution in [2.24, 2.45) is 0 Å². The lowest BCUT2D eigenvalue weighted by molar-refractivity contribution is -0.132. The summed E-state index contributed by atoms with van der Waals surface area (Å²) in [5.41, 5.74) is 0. The Balaban J connectivity index is 1.88. The molecule has 2 fully saturated rings. The zero-order chi connectivity index (χ0) is 11.5. The molecule has 2 saturated heterocycles. The van der Waals surface area contributed by atoms with Gasteiger partial charge in [0.2, 0.25) is 5.91 Å². The van der Waals surface area contributed by atoms with Crippen molar-refractivity contribution in [3.63, 3.8) is 0 Å². The Hall–Kier alpha value is -0.650. The number of ether oxygens (including phenoxy) is 1. The van der Waals surface area contributed by atoms with E-state index in [-0.39, 0.29) is 18.1 Å². The molecule has 1 amide bonds. The third-order valence-corrected chi connectivity index (χ3v) is 3.29. The number of β-amino-alcohol motifs (C(OH)–C–C–N with tert-alkyl or cyclic N) is 1. The van der Waals surface area contributed by atoms with Gasteiger partial charge in [0, 0.05) is 19.7 Å². The van der Waals surface area contributed by atoms with Gasteiger partial charge in [0.25, 0.3) is 0 Å². The number of rotatable bonds is 3. The van der Waals surface area contributed by atoms with Crippen LogP contribution in [0, 0.1) is 0 Å². The molecule has 0 unspecified atom stereocenters. The van der Waals surface area contributed by atoms with Crippen molar-refractivity contribution in [1.29, 1.82) is 0 Å². The summed E-state index contributed by atoms with van der Waals surface area (Å²) < 4.78 is 5.39. The third kappa shape index (κ3) is 2.36. The molecule has 0 aliphatic carbocycles. The van der Waals surface area contributed by atoms with Crippen molar-refractivity contribution in [3.05, 3.63) is 0 Å². The Bertz CT molecular complexity index is 254. The number of carbonyl (C=O) groups is 1. The normalized spacial score (nSPS) is 34.6. The van der Waals surface area contributed by atoms with Crippen molar-refractivity contribution >= 4 is 5.91 Å². The minimum atomic E-state index is -0.537. The number of nitrogens with zero attached hydrogens (tertiary/aromatic N) is 1. The molecule has 92 valence electrons. The minimum absolute atomic E-state index is 0.0485. The Morgan fingerprint density at radius 1 is 1.56 bits per heavy atom. The maximum atomic E-state index is 12.0. The van der Waals surface area contributed by atoms with E-state index in [1.165, 1.54) is 0 Å². The minimum Gasteiger partial charge on any atom is -0.388 e. The van der Waals surface area contributed by atoms with E-state index >= 15 is 0 Å². The number of hydrogen-bond acceptors (Lipinski definition) is 4. The van der Waals surface area contributed by atoms with Crippen LogP contribution in [-0.2, 0) is 9.53 Å². The van der Waals surface area contributed by atoms with Gasteiger partial charge in [-0.05, 0) is 26.3 Å². The van der Waals surface area contributed by atoms with Gasteiger partial charge in [0.05, 0.1) is 12.1 Å². The van der Waals surface area contributed by atoms with E-state index in [1.54, 1.807) is 4.90 Å². The summed E-state index contributed by atoms with van der Waals surface area (Å²) in [5.74, 6) is 0.110. The molecule has 3 atom stereocenters. The predicted octanol–water partition coefficient (Wildman–Crippen LogP) is -0.653. The number of likely N-dealkylation sites (tertiary alicyclic amines) is 1. The van der Waals surface area contributed by atoms with E-state index in [9.17, 15) is 9.90 Å². The van der Waals surface area contributed by atoms with Crippen LogP contribution in [0.15, 0.2) is 0 Å². The standard InChI is InChI=1S/C11H20N2O3/c1-2-16-10-7-13(6-9(10)14)11(15)8-4-3-5-12-8/h8-10,12,14H,2-7H2,1H3/t8-,9-,10+/m0/s1. The summed E-state index contributed by atoms with van der Waals surface area (Å²) in [5, 5.41) is 12.9. The molecule has 16 heavy (non-hydrogen) atoms. The lowest BCUT2D eigenvalue weighted by Crippen LogP contribution is -2.43. The highest BCUT2D eigenvalue weighted by atomic mass is 16.5. The third-order valence-electron chi connectivity index (χ3n) is 3.29. The highest BCUT2D eigenvalue weighted by Crippen LogP contribution is 2.17. The molecular weight excluding hydrogens is 208 g/mol.